The molecule has 0 spiro atoms. The zero-order chi connectivity index (χ0) is 17.5. The van der Waals surface area contributed by atoms with Gasteiger partial charge in [-0.05, 0) is 38.0 Å². The van der Waals surface area contributed by atoms with Crippen molar-refractivity contribution >= 4 is 23.3 Å². The Kier molecular flexibility index (Phi) is 6.43. The number of methoxy groups -OCH3 is 1. The van der Waals surface area contributed by atoms with E-state index in [1.54, 1.807) is 23.1 Å². The summed E-state index contributed by atoms with van der Waals surface area (Å²) < 4.78 is 10.8. The van der Waals surface area contributed by atoms with Crippen LogP contribution in [0.1, 0.15) is 26.7 Å². The molecule has 0 aromatic heterocycles. The van der Waals surface area contributed by atoms with Crippen molar-refractivity contribution in [3.05, 3.63) is 18.2 Å². The zero-order valence-electron chi connectivity index (χ0n) is 14.4. The van der Waals surface area contributed by atoms with Crippen LogP contribution in [0.5, 0.6) is 5.75 Å². The van der Waals surface area contributed by atoms with Crippen LogP contribution in [0.25, 0.3) is 0 Å². The monoisotopic (exact) mass is 335 g/mol. The van der Waals surface area contributed by atoms with Crippen LogP contribution in [0.2, 0.25) is 0 Å². The third kappa shape index (κ3) is 4.86. The predicted molar refractivity (Wildman–Crippen MR) is 92.5 cm³/mol. The van der Waals surface area contributed by atoms with Gasteiger partial charge in [0.25, 0.3) is 0 Å². The number of ether oxygens (including phenoxy) is 2. The molecule has 1 aliphatic heterocycles. The Bertz CT molecular complexity index is 583. The number of rotatable bonds is 5. The summed E-state index contributed by atoms with van der Waals surface area (Å²) in [6.45, 7) is 5.45. The Hall–Kier alpha value is -2.28. The Morgan fingerprint density at radius 3 is 2.54 bits per heavy atom. The number of amides is 3. The zero-order valence-corrected chi connectivity index (χ0v) is 14.4. The van der Waals surface area contributed by atoms with E-state index in [0.717, 1.165) is 12.8 Å². The minimum Gasteiger partial charge on any atom is -0.495 e. The number of benzene rings is 1. The van der Waals surface area contributed by atoms with E-state index in [1.165, 1.54) is 14.0 Å². The van der Waals surface area contributed by atoms with E-state index < -0.39 is 0 Å². The van der Waals surface area contributed by atoms with Gasteiger partial charge in [0.2, 0.25) is 5.91 Å². The number of nitrogens with zero attached hydrogens (tertiary/aromatic N) is 1. The minimum absolute atomic E-state index is 0.149. The molecule has 1 aromatic carbocycles. The summed E-state index contributed by atoms with van der Waals surface area (Å²) in [5, 5.41) is 5.55. The summed E-state index contributed by atoms with van der Waals surface area (Å²) in [4.78, 5) is 25.4. The van der Waals surface area contributed by atoms with Crippen molar-refractivity contribution in [3.8, 4) is 5.75 Å². The Balaban J connectivity index is 1.97. The van der Waals surface area contributed by atoms with Gasteiger partial charge >= 0.3 is 6.03 Å². The molecular weight excluding hydrogens is 310 g/mol. The van der Waals surface area contributed by atoms with Gasteiger partial charge in [-0.3, -0.25) is 4.79 Å². The fourth-order valence-corrected chi connectivity index (χ4v) is 2.74. The lowest BCUT2D eigenvalue weighted by molar-refractivity contribution is -0.114. The molecule has 24 heavy (non-hydrogen) atoms. The van der Waals surface area contributed by atoms with Crippen molar-refractivity contribution in [2.75, 3.05) is 37.4 Å². The average Bonchev–Trinajstić information content (AvgIpc) is 2.55. The van der Waals surface area contributed by atoms with Crippen LogP contribution >= 0.6 is 0 Å². The third-order valence-corrected chi connectivity index (χ3v) is 3.89. The molecule has 0 bridgehead atoms. The smallest absolute Gasteiger partial charge is 0.321 e. The second-order valence-corrected chi connectivity index (χ2v) is 5.67. The molecule has 132 valence electrons. The van der Waals surface area contributed by atoms with Crippen LogP contribution < -0.4 is 15.4 Å². The maximum absolute atomic E-state index is 12.4. The van der Waals surface area contributed by atoms with Gasteiger partial charge in [-0.2, -0.15) is 0 Å². The summed E-state index contributed by atoms with van der Waals surface area (Å²) in [7, 11) is 1.53. The highest BCUT2D eigenvalue weighted by molar-refractivity contribution is 5.94. The second kappa shape index (κ2) is 8.54. The van der Waals surface area contributed by atoms with Crippen molar-refractivity contribution in [1.82, 2.24) is 4.90 Å². The van der Waals surface area contributed by atoms with Crippen molar-refractivity contribution < 1.29 is 19.1 Å². The van der Waals surface area contributed by atoms with Gasteiger partial charge in [-0.1, -0.05) is 0 Å². The number of piperidine rings is 1. The summed E-state index contributed by atoms with van der Waals surface area (Å²) >= 11 is 0. The number of likely N-dealkylation sites (tertiary alicyclic amines) is 1. The minimum atomic E-state index is -0.199. The summed E-state index contributed by atoms with van der Waals surface area (Å²) in [6, 6.07) is 4.99. The first-order chi connectivity index (χ1) is 11.5. The lowest BCUT2D eigenvalue weighted by atomic mass is 10.1. The number of hydrogen-bond acceptors (Lipinski definition) is 4. The molecule has 0 unspecified atom stereocenters. The molecule has 1 saturated heterocycles. The normalized spacial score (nSPS) is 15.0. The maximum Gasteiger partial charge on any atom is 0.321 e. The summed E-state index contributed by atoms with van der Waals surface area (Å²) in [5.74, 6) is 0.343. The van der Waals surface area contributed by atoms with Gasteiger partial charge in [0.1, 0.15) is 5.75 Å². The highest BCUT2D eigenvalue weighted by Gasteiger charge is 2.23. The highest BCUT2D eigenvalue weighted by Crippen LogP contribution is 2.28. The molecule has 0 aliphatic carbocycles. The molecule has 0 atom stereocenters. The Labute approximate surface area is 142 Å². The van der Waals surface area contributed by atoms with Gasteiger partial charge in [-0.15, -0.1) is 0 Å². The van der Waals surface area contributed by atoms with Crippen LogP contribution in [0.3, 0.4) is 0 Å². The number of nitrogens with one attached hydrogen (secondary N) is 2. The topological polar surface area (TPSA) is 79.9 Å². The first-order valence-electron chi connectivity index (χ1n) is 8.16. The van der Waals surface area contributed by atoms with Gasteiger partial charge in [-0.25, -0.2) is 4.79 Å². The van der Waals surface area contributed by atoms with Crippen LogP contribution in [0, 0.1) is 0 Å². The molecule has 0 radical (unpaired) electrons. The van der Waals surface area contributed by atoms with Crippen LogP contribution in [-0.2, 0) is 9.53 Å². The van der Waals surface area contributed by atoms with E-state index >= 15 is 0 Å². The van der Waals surface area contributed by atoms with Crippen LogP contribution in [0.15, 0.2) is 18.2 Å². The van der Waals surface area contributed by atoms with E-state index in [0.29, 0.717) is 36.8 Å². The van der Waals surface area contributed by atoms with Gasteiger partial charge in [0, 0.05) is 32.3 Å². The maximum atomic E-state index is 12.4. The first kappa shape index (κ1) is 18.1. The third-order valence-electron chi connectivity index (χ3n) is 3.89. The molecule has 0 saturated carbocycles. The number of carbonyl (C=O) groups excluding carboxylic acids is 2. The van der Waals surface area contributed by atoms with Gasteiger partial charge in [0.15, 0.2) is 0 Å². The largest absolute Gasteiger partial charge is 0.495 e. The predicted octanol–water partition coefficient (Wildman–Crippen LogP) is 2.69. The SMILES string of the molecule is CCOC1CCN(C(=O)Nc2ccc(OC)c(NC(C)=O)c2)CC1. The molecule has 3 amide bonds. The van der Waals surface area contributed by atoms with Crippen molar-refractivity contribution in [2.45, 2.75) is 32.8 Å². The Morgan fingerprint density at radius 2 is 1.96 bits per heavy atom. The fraction of sp³-hybridized carbons (Fsp3) is 0.529. The molecule has 1 fully saturated rings. The number of hydrogen-bond donors (Lipinski definition) is 2. The number of urea groups is 1. The van der Waals surface area contributed by atoms with Crippen LogP contribution in [-0.4, -0.2) is 49.7 Å². The lowest BCUT2D eigenvalue weighted by Gasteiger charge is -2.31. The van der Waals surface area contributed by atoms with E-state index in [1.807, 2.05) is 6.92 Å². The number of carbonyl (C=O) groups is 2. The average molecular weight is 335 g/mol. The van der Waals surface area contributed by atoms with E-state index in [9.17, 15) is 9.59 Å². The van der Waals surface area contributed by atoms with E-state index in [4.69, 9.17) is 9.47 Å². The first-order valence-corrected chi connectivity index (χ1v) is 8.16. The van der Waals surface area contributed by atoms with Gasteiger partial charge in [0.05, 0.1) is 18.9 Å². The molecular formula is C17H25N3O4. The van der Waals surface area contributed by atoms with Crippen LogP contribution in [0.4, 0.5) is 16.2 Å². The highest BCUT2D eigenvalue weighted by atomic mass is 16.5. The molecule has 7 heteroatoms. The second-order valence-electron chi connectivity index (χ2n) is 5.67. The van der Waals surface area contributed by atoms with E-state index in [2.05, 4.69) is 10.6 Å². The molecule has 1 aromatic rings. The quantitative estimate of drug-likeness (QED) is 0.867. The van der Waals surface area contributed by atoms with Crippen molar-refractivity contribution in [1.29, 1.82) is 0 Å². The Morgan fingerprint density at radius 1 is 1.25 bits per heavy atom. The fourth-order valence-electron chi connectivity index (χ4n) is 2.74. The van der Waals surface area contributed by atoms with E-state index in [-0.39, 0.29) is 18.0 Å². The number of anilines is 2. The van der Waals surface area contributed by atoms with Gasteiger partial charge < -0.3 is 25.0 Å². The lowest BCUT2D eigenvalue weighted by Crippen LogP contribution is -2.43. The summed E-state index contributed by atoms with van der Waals surface area (Å²) in [5.41, 5.74) is 1.13. The molecule has 7 nitrogen and oxygen atoms in total. The molecule has 1 heterocycles. The standard InChI is InChI=1S/C17H25N3O4/c1-4-24-14-7-9-20(10-8-14)17(22)19-13-5-6-16(23-3)15(11-13)18-12(2)21/h5-6,11,14H,4,7-10H2,1-3H3,(H,18,21)(H,19,22). The molecule has 2 N–H and O–H groups in total. The summed E-state index contributed by atoms with van der Waals surface area (Å²) in [6.07, 6.45) is 1.94. The molecule has 1 aliphatic rings. The van der Waals surface area contributed by atoms with Crippen molar-refractivity contribution in [3.63, 3.8) is 0 Å². The molecule has 2 rings (SSSR count). The van der Waals surface area contributed by atoms with Crippen molar-refractivity contribution in [2.24, 2.45) is 0 Å².